The lowest BCUT2D eigenvalue weighted by atomic mass is 9.84. The molecule has 16 heteroatoms. The molecule has 0 spiro atoms. The third-order valence-electron chi connectivity index (χ3n) is 12.0. The predicted octanol–water partition coefficient (Wildman–Crippen LogP) is 7.28. The minimum absolute atomic E-state index is 0.00661. The van der Waals surface area contributed by atoms with Crippen molar-refractivity contribution in [3.63, 3.8) is 0 Å². The van der Waals surface area contributed by atoms with Crippen LogP contribution in [0.1, 0.15) is 78.5 Å². The summed E-state index contributed by atoms with van der Waals surface area (Å²) in [4.78, 5) is 72.3. The van der Waals surface area contributed by atoms with Crippen molar-refractivity contribution >= 4 is 41.2 Å². The number of carbonyl (C=O) groups excluding carboxylic acids is 4. The zero-order chi connectivity index (χ0) is 48.2. The van der Waals surface area contributed by atoms with Gasteiger partial charge in [0.15, 0.2) is 18.1 Å². The molecule has 5 aromatic rings. The maximum Gasteiger partial charge on any atom is 0.326 e. The second kappa shape index (κ2) is 23.1. The topological polar surface area (TPSA) is 204 Å². The molecule has 0 saturated heterocycles. The maximum absolute atomic E-state index is 14.2. The highest BCUT2D eigenvalue weighted by Gasteiger charge is 2.32. The number of nitrogens with zero attached hydrogens (tertiary/aromatic N) is 1. The molecular formula is C52H56ClN5O10. The number of carbonyl (C=O) groups is 5. The van der Waals surface area contributed by atoms with Gasteiger partial charge in [-0.2, -0.15) is 0 Å². The number of aliphatic carboxylic acids is 1. The highest BCUT2D eigenvalue weighted by Crippen LogP contribution is 2.39. The molecule has 5 heterocycles. The fourth-order valence-corrected chi connectivity index (χ4v) is 8.59. The van der Waals surface area contributed by atoms with Gasteiger partial charge in [0.25, 0.3) is 5.91 Å². The van der Waals surface area contributed by atoms with Crippen molar-refractivity contribution in [1.82, 2.24) is 26.3 Å². The molecular weight excluding hydrogens is 890 g/mol. The molecule has 4 aliphatic heterocycles. The van der Waals surface area contributed by atoms with E-state index in [9.17, 15) is 29.1 Å². The number of carboxylic acid groups (broad SMARTS) is 1. The first-order valence-corrected chi connectivity index (χ1v) is 23.1. The number of benzene rings is 4. The number of halogens is 1. The summed E-state index contributed by atoms with van der Waals surface area (Å²) in [5.74, 6) is -1.27. The third-order valence-corrected chi connectivity index (χ3v) is 12.5. The molecule has 4 bridgehead atoms. The summed E-state index contributed by atoms with van der Waals surface area (Å²) in [5, 5.41) is 22.4. The van der Waals surface area contributed by atoms with E-state index in [0.29, 0.717) is 81.7 Å². The van der Waals surface area contributed by atoms with Crippen molar-refractivity contribution < 1.29 is 48.0 Å². The van der Waals surface area contributed by atoms with E-state index < -0.39 is 35.9 Å². The van der Waals surface area contributed by atoms with Gasteiger partial charge in [-0.1, -0.05) is 60.1 Å². The molecule has 5 N–H and O–H groups in total. The number of carboxylic acids is 1. The molecule has 356 valence electrons. The zero-order valence-corrected chi connectivity index (χ0v) is 39.0. The van der Waals surface area contributed by atoms with Crippen LogP contribution in [0, 0.1) is 19.8 Å². The number of aromatic nitrogens is 1. The first-order valence-electron chi connectivity index (χ1n) is 22.8. The molecule has 1 aromatic heterocycles. The van der Waals surface area contributed by atoms with Crippen molar-refractivity contribution in [3.8, 4) is 28.7 Å². The van der Waals surface area contributed by atoms with E-state index in [-0.39, 0.29) is 62.9 Å². The normalized spacial score (nSPS) is 20.8. The molecule has 0 unspecified atom stereocenters. The van der Waals surface area contributed by atoms with Gasteiger partial charge >= 0.3 is 5.97 Å². The Balaban J connectivity index is 1.18. The van der Waals surface area contributed by atoms with Gasteiger partial charge in [0.05, 0.1) is 6.61 Å². The van der Waals surface area contributed by atoms with Crippen LogP contribution in [0.5, 0.6) is 28.7 Å². The van der Waals surface area contributed by atoms with E-state index in [0.717, 1.165) is 11.1 Å². The Morgan fingerprint density at radius 1 is 0.779 bits per heavy atom. The molecule has 15 nitrogen and oxygen atoms in total. The van der Waals surface area contributed by atoms with Crippen LogP contribution in [-0.4, -0.2) is 71.0 Å². The van der Waals surface area contributed by atoms with Gasteiger partial charge < -0.3 is 45.3 Å². The summed E-state index contributed by atoms with van der Waals surface area (Å²) in [6, 6.07) is 22.1. The number of hydrogen-bond acceptors (Lipinski definition) is 10. The first kappa shape index (κ1) is 48.8. The SMILES string of the molecule is CCOc1cc(Oc2cc(C)c(Cl)c(C)c2)cc2c1OCC(=O)NC1CCC(CC1)CC(=O)N[C@@H](c1ccccc1)C(=O)N[C@H](Cc1cccnc1)C(=O)N[C@H](C(=O)O)Cc1ccc(cc1)OC2. The lowest BCUT2D eigenvalue weighted by molar-refractivity contribution is -0.142. The number of rotatable bonds is 8. The number of pyridine rings is 1. The van der Waals surface area contributed by atoms with E-state index >= 15 is 0 Å². The summed E-state index contributed by atoms with van der Waals surface area (Å²) < 4.78 is 24.9. The maximum atomic E-state index is 14.2. The summed E-state index contributed by atoms with van der Waals surface area (Å²) >= 11 is 6.44. The molecule has 1 saturated carbocycles. The molecule has 1 aliphatic carbocycles. The van der Waals surface area contributed by atoms with Crippen LogP contribution >= 0.6 is 11.6 Å². The largest absolute Gasteiger partial charge is 0.490 e. The van der Waals surface area contributed by atoms with Gasteiger partial charge in [0.2, 0.25) is 17.7 Å². The molecule has 3 atom stereocenters. The Bertz CT molecular complexity index is 2550. The summed E-state index contributed by atoms with van der Waals surface area (Å²) in [5.41, 5.74) is 3.92. The number of ether oxygens (including phenoxy) is 4. The van der Waals surface area contributed by atoms with E-state index in [4.69, 9.17) is 30.5 Å². The molecule has 1 fully saturated rings. The van der Waals surface area contributed by atoms with Crippen molar-refractivity contribution in [2.75, 3.05) is 13.2 Å². The minimum atomic E-state index is -1.38. The van der Waals surface area contributed by atoms with Gasteiger partial charge in [-0.25, -0.2) is 4.79 Å². The Morgan fingerprint density at radius 2 is 1.50 bits per heavy atom. The predicted molar refractivity (Wildman–Crippen MR) is 254 cm³/mol. The lowest BCUT2D eigenvalue weighted by Crippen LogP contribution is -2.55. The average Bonchev–Trinajstić information content (AvgIpc) is 3.32. The number of nitrogens with one attached hydrogen (secondary N) is 4. The van der Waals surface area contributed by atoms with Crippen molar-refractivity contribution in [2.24, 2.45) is 5.92 Å². The van der Waals surface area contributed by atoms with Crippen molar-refractivity contribution in [2.45, 2.75) is 96.5 Å². The fourth-order valence-electron chi connectivity index (χ4n) is 8.48. The fraction of sp³-hybridized carbons (Fsp3) is 0.346. The summed E-state index contributed by atoms with van der Waals surface area (Å²) in [6.45, 7) is 5.56. The standard InChI is InChI=1S/C52H56ClN5O10/c1-4-65-44-27-41(68-40-21-31(2)47(53)32(3)22-40)26-37-29-66-39-18-14-33(15-19-39)23-43(52(63)64)57-50(61)42(24-35-9-8-20-54-28-35)56-51(62)48(36-10-6-5-7-11-36)58-45(59)25-34-12-16-38(17-13-34)55-46(60)30-67-49(37)44/h5-11,14-15,18-22,26-28,34,38,42-43,48H,4,12-13,16-17,23-25,29-30H2,1-3H3,(H,55,60)(H,56,62)(H,57,61)(H,58,59)(H,63,64)/t34?,38?,42-,43+,48+/m1/s1. The molecule has 4 amide bonds. The van der Waals surface area contributed by atoms with Crippen LogP contribution in [0.3, 0.4) is 0 Å². The van der Waals surface area contributed by atoms with Gasteiger partial charge in [-0.3, -0.25) is 24.2 Å². The zero-order valence-electron chi connectivity index (χ0n) is 38.2. The molecule has 10 rings (SSSR count). The highest BCUT2D eigenvalue weighted by molar-refractivity contribution is 6.32. The molecule has 68 heavy (non-hydrogen) atoms. The van der Waals surface area contributed by atoms with Crippen LogP contribution in [0.2, 0.25) is 5.02 Å². The molecule has 5 aliphatic rings. The van der Waals surface area contributed by atoms with Crippen LogP contribution in [0.25, 0.3) is 0 Å². The number of hydrogen-bond donors (Lipinski definition) is 5. The lowest BCUT2D eigenvalue weighted by Gasteiger charge is -2.29. The summed E-state index contributed by atoms with van der Waals surface area (Å²) in [6.07, 6.45) is 5.76. The Kier molecular flexibility index (Phi) is 16.5. The highest BCUT2D eigenvalue weighted by atomic mass is 35.5. The van der Waals surface area contributed by atoms with Gasteiger partial charge in [-0.05, 0) is 117 Å². The van der Waals surface area contributed by atoms with Crippen molar-refractivity contribution in [1.29, 1.82) is 0 Å². The number of aryl methyl sites for hydroxylation is 2. The Hall–Kier alpha value is -7.13. The Labute approximate surface area is 400 Å². The minimum Gasteiger partial charge on any atom is -0.490 e. The van der Waals surface area contributed by atoms with E-state index in [1.54, 1.807) is 91.3 Å². The molecule has 0 radical (unpaired) electrons. The van der Waals surface area contributed by atoms with Crippen molar-refractivity contribution in [3.05, 3.63) is 142 Å². The monoisotopic (exact) mass is 945 g/mol. The van der Waals surface area contributed by atoms with Gasteiger partial charge in [0, 0.05) is 54.4 Å². The molecule has 4 aromatic carbocycles. The smallest absolute Gasteiger partial charge is 0.326 e. The van der Waals surface area contributed by atoms with E-state index in [1.165, 1.54) is 0 Å². The van der Waals surface area contributed by atoms with Crippen LogP contribution < -0.4 is 40.2 Å². The van der Waals surface area contributed by atoms with Crippen LogP contribution in [0.15, 0.2) is 103 Å². The van der Waals surface area contributed by atoms with E-state index in [2.05, 4.69) is 26.3 Å². The van der Waals surface area contributed by atoms with Crippen LogP contribution in [-0.2, 0) is 43.4 Å². The number of amides is 4. The summed E-state index contributed by atoms with van der Waals surface area (Å²) in [7, 11) is 0. The van der Waals surface area contributed by atoms with Gasteiger partial charge in [-0.15, -0.1) is 0 Å². The van der Waals surface area contributed by atoms with Gasteiger partial charge in [0.1, 0.15) is 42.0 Å². The van der Waals surface area contributed by atoms with Crippen LogP contribution in [0.4, 0.5) is 0 Å². The second-order valence-corrected chi connectivity index (χ2v) is 17.5. The third kappa shape index (κ3) is 13.3. The average molecular weight is 946 g/mol. The second-order valence-electron chi connectivity index (χ2n) is 17.2. The Morgan fingerprint density at radius 3 is 2.18 bits per heavy atom. The van der Waals surface area contributed by atoms with E-state index in [1.807, 2.05) is 32.9 Å². The first-order chi connectivity index (χ1) is 32.8. The quantitative estimate of drug-likeness (QED) is 0.105.